The van der Waals surface area contributed by atoms with Crippen LogP contribution in [0, 0.1) is 17.2 Å². The van der Waals surface area contributed by atoms with E-state index in [1.165, 1.54) is 12.8 Å². The molecular weight excluding hydrogens is 220 g/mol. The van der Waals surface area contributed by atoms with Crippen molar-refractivity contribution in [2.24, 2.45) is 5.92 Å². The molecule has 1 atom stereocenters. The van der Waals surface area contributed by atoms with Gasteiger partial charge >= 0.3 is 0 Å². The molecule has 1 aliphatic rings. The highest BCUT2D eigenvalue weighted by molar-refractivity contribution is 6.30. The van der Waals surface area contributed by atoms with Crippen molar-refractivity contribution in [1.29, 1.82) is 5.26 Å². The molecule has 16 heavy (non-hydrogen) atoms. The summed E-state index contributed by atoms with van der Waals surface area (Å²) in [7, 11) is 2.05. The second-order valence-electron chi connectivity index (χ2n) is 4.46. The molecule has 1 fully saturated rings. The van der Waals surface area contributed by atoms with Gasteiger partial charge in [0.2, 0.25) is 0 Å². The number of benzene rings is 1. The Labute approximate surface area is 101 Å². The van der Waals surface area contributed by atoms with Crippen molar-refractivity contribution < 1.29 is 0 Å². The minimum absolute atomic E-state index is 0.494. The summed E-state index contributed by atoms with van der Waals surface area (Å²) in [5.41, 5.74) is 1.63. The average molecular weight is 235 g/mol. The van der Waals surface area contributed by atoms with E-state index in [0.717, 1.165) is 11.6 Å². The first-order valence-electron chi connectivity index (χ1n) is 5.56. The monoisotopic (exact) mass is 234 g/mol. The summed E-state index contributed by atoms with van der Waals surface area (Å²) in [4.78, 5) is 2.19. The molecule has 0 radical (unpaired) electrons. The van der Waals surface area contributed by atoms with Gasteiger partial charge in [-0.3, -0.25) is 0 Å². The Morgan fingerprint density at radius 2 is 2.19 bits per heavy atom. The molecule has 84 valence electrons. The summed E-state index contributed by atoms with van der Waals surface area (Å²) in [6.45, 7) is 2.22. The van der Waals surface area contributed by atoms with E-state index >= 15 is 0 Å². The van der Waals surface area contributed by atoms with E-state index in [0.29, 0.717) is 16.6 Å². The lowest BCUT2D eigenvalue weighted by atomic mass is 10.1. The van der Waals surface area contributed by atoms with Crippen molar-refractivity contribution in [1.82, 2.24) is 0 Å². The van der Waals surface area contributed by atoms with E-state index in [-0.39, 0.29) is 0 Å². The van der Waals surface area contributed by atoms with Crippen LogP contribution in [-0.2, 0) is 0 Å². The fourth-order valence-corrected chi connectivity index (χ4v) is 2.19. The lowest BCUT2D eigenvalue weighted by Gasteiger charge is -2.27. The quantitative estimate of drug-likeness (QED) is 0.801. The minimum Gasteiger partial charge on any atom is -0.371 e. The van der Waals surface area contributed by atoms with Gasteiger partial charge in [0.25, 0.3) is 0 Å². The van der Waals surface area contributed by atoms with Crippen LogP contribution in [0.1, 0.15) is 25.3 Å². The molecule has 0 spiro atoms. The SMILES string of the molecule is CC(C1CC1)N(C)c1ccc(Cl)cc1C#N. The molecular formula is C13H15ClN2. The Hall–Kier alpha value is -1.20. The van der Waals surface area contributed by atoms with Gasteiger partial charge in [0.05, 0.1) is 11.3 Å². The number of halogens is 1. The van der Waals surface area contributed by atoms with Gasteiger partial charge < -0.3 is 4.90 Å². The number of nitriles is 1. The van der Waals surface area contributed by atoms with E-state index in [1.807, 2.05) is 19.2 Å². The highest BCUT2D eigenvalue weighted by atomic mass is 35.5. The molecule has 2 rings (SSSR count). The van der Waals surface area contributed by atoms with Gasteiger partial charge in [0, 0.05) is 18.1 Å². The topological polar surface area (TPSA) is 27.0 Å². The van der Waals surface area contributed by atoms with Crippen LogP contribution in [0.5, 0.6) is 0 Å². The van der Waals surface area contributed by atoms with Crippen LogP contribution in [0.3, 0.4) is 0 Å². The summed E-state index contributed by atoms with van der Waals surface area (Å²) >= 11 is 5.89. The molecule has 0 heterocycles. The molecule has 1 aromatic carbocycles. The lowest BCUT2D eigenvalue weighted by Crippen LogP contribution is -2.31. The summed E-state index contributed by atoms with van der Waals surface area (Å²) in [6.07, 6.45) is 2.61. The molecule has 3 heteroatoms. The second-order valence-corrected chi connectivity index (χ2v) is 4.90. The van der Waals surface area contributed by atoms with Crippen molar-refractivity contribution in [2.75, 3.05) is 11.9 Å². The van der Waals surface area contributed by atoms with E-state index in [1.54, 1.807) is 6.07 Å². The highest BCUT2D eigenvalue weighted by Crippen LogP contribution is 2.37. The predicted molar refractivity (Wildman–Crippen MR) is 66.8 cm³/mol. The fraction of sp³-hybridized carbons (Fsp3) is 0.462. The normalized spacial score (nSPS) is 16.6. The zero-order chi connectivity index (χ0) is 11.7. The Balaban J connectivity index is 2.28. The van der Waals surface area contributed by atoms with E-state index in [9.17, 15) is 0 Å². The maximum Gasteiger partial charge on any atom is 0.101 e. The average Bonchev–Trinajstić information content (AvgIpc) is 3.10. The van der Waals surface area contributed by atoms with E-state index in [4.69, 9.17) is 16.9 Å². The first-order chi connectivity index (χ1) is 7.63. The van der Waals surface area contributed by atoms with Gasteiger partial charge in [-0.05, 0) is 43.9 Å². The van der Waals surface area contributed by atoms with Crippen LogP contribution >= 0.6 is 11.6 Å². The third kappa shape index (κ3) is 2.15. The molecule has 1 saturated carbocycles. The molecule has 1 unspecified atom stereocenters. The molecule has 0 bridgehead atoms. The molecule has 0 N–H and O–H groups in total. The van der Waals surface area contributed by atoms with Crippen molar-refractivity contribution in [3.63, 3.8) is 0 Å². The maximum absolute atomic E-state index is 9.09. The Morgan fingerprint density at radius 3 is 2.75 bits per heavy atom. The number of nitrogens with zero attached hydrogens (tertiary/aromatic N) is 2. The van der Waals surface area contributed by atoms with Crippen LogP contribution in [0.15, 0.2) is 18.2 Å². The third-order valence-corrected chi connectivity index (χ3v) is 3.61. The summed E-state index contributed by atoms with van der Waals surface area (Å²) in [5.74, 6) is 0.784. The van der Waals surface area contributed by atoms with Crippen molar-refractivity contribution in [3.05, 3.63) is 28.8 Å². The van der Waals surface area contributed by atoms with Gasteiger partial charge in [0.1, 0.15) is 6.07 Å². The Morgan fingerprint density at radius 1 is 1.50 bits per heavy atom. The standard InChI is InChI=1S/C13H15ClN2/c1-9(10-3-4-10)16(2)13-6-5-12(14)7-11(13)8-15/h5-7,9-10H,3-4H2,1-2H3. The summed E-state index contributed by atoms with van der Waals surface area (Å²) in [6, 6.07) is 8.20. The fourth-order valence-electron chi connectivity index (χ4n) is 2.02. The van der Waals surface area contributed by atoms with Gasteiger partial charge in [-0.25, -0.2) is 0 Å². The van der Waals surface area contributed by atoms with Crippen LogP contribution < -0.4 is 4.90 Å². The Bertz CT molecular complexity index is 432. The highest BCUT2D eigenvalue weighted by Gasteiger charge is 2.31. The molecule has 0 aromatic heterocycles. The maximum atomic E-state index is 9.09. The van der Waals surface area contributed by atoms with Crippen LogP contribution in [0.25, 0.3) is 0 Å². The molecule has 1 aliphatic carbocycles. The van der Waals surface area contributed by atoms with Crippen molar-refractivity contribution >= 4 is 17.3 Å². The van der Waals surface area contributed by atoms with Gasteiger partial charge in [0.15, 0.2) is 0 Å². The Kier molecular flexibility index (Phi) is 3.07. The predicted octanol–water partition coefficient (Wildman–Crippen LogP) is 3.45. The summed E-state index contributed by atoms with van der Waals surface area (Å²) < 4.78 is 0. The molecule has 0 aliphatic heterocycles. The minimum atomic E-state index is 0.494. The second kappa shape index (κ2) is 4.35. The van der Waals surface area contributed by atoms with E-state index < -0.39 is 0 Å². The van der Waals surface area contributed by atoms with Gasteiger partial charge in [-0.15, -0.1) is 0 Å². The smallest absolute Gasteiger partial charge is 0.101 e. The first-order valence-corrected chi connectivity index (χ1v) is 5.93. The van der Waals surface area contributed by atoms with Gasteiger partial charge in [-0.2, -0.15) is 5.26 Å². The number of anilines is 1. The van der Waals surface area contributed by atoms with Crippen molar-refractivity contribution in [3.8, 4) is 6.07 Å². The lowest BCUT2D eigenvalue weighted by molar-refractivity contribution is 0.609. The molecule has 1 aromatic rings. The number of hydrogen-bond donors (Lipinski definition) is 0. The van der Waals surface area contributed by atoms with Crippen molar-refractivity contribution in [2.45, 2.75) is 25.8 Å². The first kappa shape index (κ1) is 11.3. The molecule has 2 nitrogen and oxygen atoms in total. The van der Waals surface area contributed by atoms with Crippen LogP contribution in [0.4, 0.5) is 5.69 Å². The largest absolute Gasteiger partial charge is 0.371 e. The van der Waals surface area contributed by atoms with Gasteiger partial charge in [-0.1, -0.05) is 11.6 Å². The van der Waals surface area contributed by atoms with Crippen LogP contribution in [0.2, 0.25) is 5.02 Å². The van der Waals surface area contributed by atoms with Crippen LogP contribution in [-0.4, -0.2) is 13.1 Å². The number of rotatable bonds is 3. The zero-order valence-electron chi connectivity index (χ0n) is 9.57. The zero-order valence-corrected chi connectivity index (χ0v) is 10.3. The summed E-state index contributed by atoms with van der Waals surface area (Å²) in [5, 5.41) is 9.71. The third-order valence-electron chi connectivity index (χ3n) is 3.37. The molecule has 0 amide bonds. The number of hydrogen-bond acceptors (Lipinski definition) is 2. The van der Waals surface area contributed by atoms with E-state index in [2.05, 4.69) is 17.9 Å². The molecule has 0 saturated heterocycles.